The summed E-state index contributed by atoms with van der Waals surface area (Å²) in [6.07, 6.45) is 0. The van der Waals surface area contributed by atoms with Crippen LogP contribution in [0.1, 0.15) is 16.4 Å². The maximum Gasteiger partial charge on any atom is 0.308 e. The van der Waals surface area contributed by atoms with Crippen LogP contribution >= 0.6 is 34.7 Å². The second-order valence-corrected chi connectivity index (χ2v) is 11.5. The highest BCUT2D eigenvalue weighted by Crippen LogP contribution is 2.53. The number of hydrogen-bond acceptors (Lipinski definition) is 6. The number of nitrogens with one attached hydrogen (secondary N) is 1. The van der Waals surface area contributed by atoms with Gasteiger partial charge in [-0.05, 0) is 42.0 Å². The van der Waals surface area contributed by atoms with Gasteiger partial charge >= 0.3 is 4.87 Å². The first-order chi connectivity index (χ1) is 18.4. The molecule has 1 N–H and O–H groups in total. The summed E-state index contributed by atoms with van der Waals surface area (Å²) in [6.45, 7) is -0.207. The van der Waals surface area contributed by atoms with Crippen molar-refractivity contribution in [1.29, 1.82) is 0 Å². The average Bonchev–Trinajstić information content (AvgIpc) is 3.36. The molecule has 2 aliphatic heterocycles. The summed E-state index contributed by atoms with van der Waals surface area (Å²) in [5, 5.41) is 3.15. The Bertz CT molecular complexity index is 1600. The number of thiazole rings is 1. The number of amides is 3. The van der Waals surface area contributed by atoms with E-state index in [1.807, 2.05) is 36.4 Å². The van der Waals surface area contributed by atoms with Crippen molar-refractivity contribution in [1.82, 2.24) is 4.57 Å². The lowest BCUT2D eigenvalue weighted by molar-refractivity contribution is -0.122. The van der Waals surface area contributed by atoms with E-state index in [0.29, 0.717) is 26.3 Å². The molecule has 2 unspecified atom stereocenters. The number of rotatable bonds is 5. The molecule has 3 aromatic carbocycles. The number of carbonyl (C=O) groups excluding carboxylic acids is 3. The van der Waals surface area contributed by atoms with Crippen molar-refractivity contribution in [2.75, 3.05) is 10.2 Å². The number of carbonyl (C=O) groups is 3. The van der Waals surface area contributed by atoms with E-state index in [-0.39, 0.29) is 29.1 Å². The number of fused-ring (bicyclic) bond motifs is 2. The summed E-state index contributed by atoms with van der Waals surface area (Å²) >= 11 is 8.34. The largest absolute Gasteiger partial charge is 0.325 e. The zero-order valence-electron chi connectivity index (χ0n) is 19.7. The molecule has 0 spiro atoms. The number of halogens is 1. The summed E-state index contributed by atoms with van der Waals surface area (Å²) in [7, 11) is 0. The molecule has 2 aliphatic rings. The highest BCUT2D eigenvalue weighted by Gasteiger charge is 2.56. The standard InChI is InChI=1S/C28H20ClN3O4S2/c29-17-13-11-16(12-14-17)21-22-23(26(35)32(25(22)34)19-9-5-2-6-10-19)37-27-24(21)38-28(36)31(27)15-20(33)30-18-7-3-1-4-8-18/h1-14,21-23H,15H2,(H,30,33)/t21-,22?,23?/m1/s1. The van der Waals surface area contributed by atoms with Crippen LogP contribution in [0.2, 0.25) is 5.02 Å². The second kappa shape index (κ2) is 9.90. The van der Waals surface area contributed by atoms with Crippen LogP contribution in [0.15, 0.2) is 94.7 Å². The van der Waals surface area contributed by atoms with Crippen molar-refractivity contribution < 1.29 is 14.4 Å². The van der Waals surface area contributed by atoms with Gasteiger partial charge in [-0.1, -0.05) is 83.2 Å². The molecule has 0 bridgehead atoms. The molecule has 38 heavy (non-hydrogen) atoms. The molecule has 1 saturated heterocycles. The molecule has 190 valence electrons. The first-order valence-electron chi connectivity index (χ1n) is 11.9. The SMILES string of the molecule is O=C(Cn1c2c(sc1=O)[C@H](c1ccc(Cl)cc1)C1C(=O)N(c3ccccc3)C(=O)C1S2)Nc1ccccc1. The van der Waals surface area contributed by atoms with Gasteiger partial charge in [0.2, 0.25) is 17.7 Å². The number of thioether (sulfide) groups is 1. The Balaban J connectivity index is 1.42. The average molecular weight is 562 g/mol. The van der Waals surface area contributed by atoms with Gasteiger partial charge in [0.05, 0.1) is 16.6 Å². The van der Waals surface area contributed by atoms with Crippen LogP contribution in [0.25, 0.3) is 0 Å². The molecule has 0 aliphatic carbocycles. The molecular formula is C28H20ClN3O4S2. The van der Waals surface area contributed by atoms with Crippen LogP contribution < -0.4 is 15.1 Å². The van der Waals surface area contributed by atoms with Gasteiger partial charge in [-0.25, -0.2) is 4.90 Å². The number of para-hydroxylation sites is 2. The van der Waals surface area contributed by atoms with Gasteiger partial charge in [-0.15, -0.1) is 0 Å². The predicted octanol–water partition coefficient (Wildman–Crippen LogP) is 5.00. The number of benzene rings is 3. The minimum Gasteiger partial charge on any atom is -0.325 e. The molecule has 0 saturated carbocycles. The summed E-state index contributed by atoms with van der Waals surface area (Å²) in [4.78, 5) is 55.1. The monoisotopic (exact) mass is 561 g/mol. The summed E-state index contributed by atoms with van der Waals surface area (Å²) in [5.41, 5.74) is 1.91. The third kappa shape index (κ3) is 4.26. The second-order valence-electron chi connectivity index (χ2n) is 8.98. The van der Waals surface area contributed by atoms with Gasteiger partial charge in [0.15, 0.2) is 0 Å². The van der Waals surface area contributed by atoms with Crippen molar-refractivity contribution in [3.63, 3.8) is 0 Å². The molecule has 1 fully saturated rings. The lowest BCUT2D eigenvalue weighted by Gasteiger charge is -2.30. The molecule has 3 atom stereocenters. The van der Waals surface area contributed by atoms with E-state index in [9.17, 15) is 19.2 Å². The number of hydrogen-bond donors (Lipinski definition) is 1. The molecule has 1 aromatic heterocycles. The van der Waals surface area contributed by atoms with E-state index < -0.39 is 17.1 Å². The van der Waals surface area contributed by atoms with Crippen LogP contribution in [0.3, 0.4) is 0 Å². The van der Waals surface area contributed by atoms with Crippen molar-refractivity contribution in [2.24, 2.45) is 5.92 Å². The number of nitrogens with zero attached hydrogens (tertiary/aromatic N) is 2. The van der Waals surface area contributed by atoms with E-state index >= 15 is 0 Å². The summed E-state index contributed by atoms with van der Waals surface area (Å²) in [5.74, 6) is -2.23. The van der Waals surface area contributed by atoms with E-state index in [1.165, 1.54) is 21.2 Å². The van der Waals surface area contributed by atoms with Crippen LogP contribution in [-0.2, 0) is 20.9 Å². The van der Waals surface area contributed by atoms with Crippen LogP contribution in [0.4, 0.5) is 11.4 Å². The minimum atomic E-state index is -0.742. The molecule has 0 radical (unpaired) electrons. The van der Waals surface area contributed by atoms with Gasteiger partial charge < -0.3 is 5.32 Å². The molecular weight excluding hydrogens is 542 g/mol. The normalized spacial score (nSPS) is 20.2. The highest BCUT2D eigenvalue weighted by molar-refractivity contribution is 8.00. The summed E-state index contributed by atoms with van der Waals surface area (Å²) < 4.78 is 1.41. The fraction of sp³-hybridized carbons (Fsp3) is 0.143. The van der Waals surface area contributed by atoms with Crippen molar-refractivity contribution in [3.05, 3.63) is 110 Å². The fourth-order valence-corrected chi connectivity index (χ4v) is 7.88. The van der Waals surface area contributed by atoms with Gasteiger partial charge in [0.25, 0.3) is 0 Å². The lowest BCUT2D eigenvalue weighted by atomic mass is 9.83. The van der Waals surface area contributed by atoms with Crippen LogP contribution in [0, 0.1) is 5.92 Å². The molecule has 3 heterocycles. The zero-order valence-corrected chi connectivity index (χ0v) is 22.1. The lowest BCUT2D eigenvalue weighted by Crippen LogP contribution is -2.33. The predicted molar refractivity (Wildman–Crippen MR) is 149 cm³/mol. The van der Waals surface area contributed by atoms with E-state index in [1.54, 1.807) is 48.5 Å². The van der Waals surface area contributed by atoms with Gasteiger partial charge in [0.1, 0.15) is 11.8 Å². The Labute approximate surface area is 231 Å². The van der Waals surface area contributed by atoms with Gasteiger partial charge in [0, 0.05) is 21.5 Å². The molecule has 10 heteroatoms. The molecule has 3 amide bonds. The van der Waals surface area contributed by atoms with E-state index in [4.69, 9.17) is 11.6 Å². The summed E-state index contributed by atoms with van der Waals surface area (Å²) in [6, 6.07) is 24.9. The van der Waals surface area contributed by atoms with Crippen molar-refractivity contribution >= 4 is 63.8 Å². The van der Waals surface area contributed by atoms with Crippen molar-refractivity contribution in [2.45, 2.75) is 22.7 Å². The minimum absolute atomic E-state index is 0.207. The Morgan fingerprint density at radius 3 is 2.21 bits per heavy atom. The van der Waals surface area contributed by atoms with Crippen LogP contribution in [-0.4, -0.2) is 27.5 Å². The number of aromatic nitrogens is 1. The Hall–Kier alpha value is -3.66. The molecule has 4 aromatic rings. The van der Waals surface area contributed by atoms with E-state index in [0.717, 1.165) is 16.9 Å². The van der Waals surface area contributed by atoms with Gasteiger partial charge in [-0.3, -0.25) is 23.7 Å². The Kier molecular flexibility index (Phi) is 6.43. The topological polar surface area (TPSA) is 88.5 Å². The third-order valence-electron chi connectivity index (χ3n) is 6.65. The number of imide groups is 1. The molecule has 6 rings (SSSR count). The Morgan fingerprint density at radius 2 is 1.53 bits per heavy atom. The fourth-order valence-electron chi connectivity index (χ4n) is 4.98. The third-order valence-corrected chi connectivity index (χ3v) is 9.51. The van der Waals surface area contributed by atoms with E-state index in [2.05, 4.69) is 5.32 Å². The zero-order chi connectivity index (χ0) is 26.4. The van der Waals surface area contributed by atoms with Crippen LogP contribution in [0.5, 0.6) is 0 Å². The maximum atomic E-state index is 13.8. The first-order valence-corrected chi connectivity index (χ1v) is 13.9. The highest BCUT2D eigenvalue weighted by atomic mass is 35.5. The van der Waals surface area contributed by atoms with Gasteiger partial charge in [-0.2, -0.15) is 0 Å². The smallest absolute Gasteiger partial charge is 0.308 e. The van der Waals surface area contributed by atoms with Crippen molar-refractivity contribution in [3.8, 4) is 0 Å². The first kappa shape index (κ1) is 24.7. The maximum absolute atomic E-state index is 13.8. The quantitative estimate of drug-likeness (QED) is 0.347. The molecule has 7 nitrogen and oxygen atoms in total. The Morgan fingerprint density at radius 1 is 0.868 bits per heavy atom. The number of anilines is 2.